The molecule has 1 aromatic carbocycles. The molecule has 1 aliphatic rings. The Kier molecular flexibility index (Phi) is 5.36. The molecule has 0 unspecified atom stereocenters. The van der Waals surface area contributed by atoms with Crippen molar-refractivity contribution in [3.05, 3.63) is 29.8 Å². The lowest BCUT2D eigenvalue weighted by atomic mass is 9.93. The van der Waals surface area contributed by atoms with Crippen molar-refractivity contribution in [1.29, 1.82) is 0 Å². The quantitative estimate of drug-likeness (QED) is 0.759. The van der Waals surface area contributed by atoms with Gasteiger partial charge in [0.2, 0.25) is 5.91 Å². The van der Waals surface area contributed by atoms with E-state index in [4.69, 9.17) is 5.11 Å². The van der Waals surface area contributed by atoms with Crippen molar-refractivity contribution in [2.45, 2.75) is 32.3 Å². The zero-order chi connectivity index (χ0) is 13.5. The molecule has 2 rings (SSSR count). The second-order valence-corrected chi connectivity index (χ2v) is 5.14. The van der Waals surface area contributed by atoms with E-state index in [2.05, 4.69) is 10.6 Å². The van der Waals surface area contributed by atoms with Gasteiger partial charge in [0.05, 0.1) is 6.61 Å². The minimum absolute atomic E-state index is 0.00121. The first-order valence-electron chi connectivity index (χ1n) is 6.98. The van der Waals surface area contributed by atoms with Gasteiger partial charge in [-0.3, -0.25) is 4.79 Å². The van der Waals surface area contributed by atoms with Gasteiger partial charge in [0.15, 0.2) is 0 Å². The second kappa shape index (κ2) is 7.26. The number of amides is 1. The van der Waals surface area contributed by atoms with Gasteiger partial charge in [-0.1, -0.05) is 12.1 Å². The standard InChI is InChI=1S/C15H22N2O2/c18-11-13-2-1-3-14(10-13)17-15(19)5-4-12-6-8-16-9-7-12/h1-3,10,12,16,18H,4-9,11H2,(H,17,19). The normalized spacial score (nSPS) is 16.3. The SMILES string of the molecule is O=C(CCC1CCNCC1)Nc1cccc(CO)c1. The maximum absolute atomic E-state index is 11.9. The molecule has 0 radical (unpaired) electrons. The van der Waals surface area contributed by atoms with Crippen LogP contribution in [0.4, 0.5) is 5.69 Å². The van der Waals surface area contributed by atoms with Crippen LogP contribution in [0.1, 0.15) is 31.2 Å². The van der Waals surface area contributed by atoms with Gasteiger partial charge in [-0.25, -0.2) is 0 Å². The number of hydrogen-bond acceptors (Lipinski definition) is 3. The monoisotopic (exact) mass is 262 g/mol. The minimum Gasteiger partial charge on any atom is -0.392 e. The van der Waals surface area contributed by atoms with Crippen LogP contribution >= 0.6 is 0 Å². The number of rotatable bonds is 5. The molecule has 0 aromatic heterocycles. The van der Waals surface area contributed by atoms with E-state index < -0.39 is 0 Å². The van der Waals surface area contributed by atoms with Crippen LogP contribution in [0.3, 0.4) is 0 Å². The fraction of sp³-hybridized carbons (Fsp3) is 0.533. The molecule has 0 spiro atoms. The molecule has 104 valence electrons. The summed E-state index contributed by atoms with van der Waals surface area (Å²) in [4.78, 5) is 11.9. The first-order chi connectivity index (χ1) is 9.28. The number of benzene rings is 1. The minimum atomic E-state index is -0.00121. The van der Waals surface area contributed by atoms with E-state index in [1.807, 2.05) is 24.3 Å². The van der Waals surface area contributed by atoms with Crippen LogP contribution in [-0.4, -0.2) is 24.1 Å². The van der Waals surface area contributed by atoms with Crippen LogP contribution in [0.2, 0.25) is 0 Å². The lowest BCUT2D eigenvalue weighted by Gasteiger charge is -2.22. The van der Waals surface area contributed by atoms with Gasteiger partial charge in [0, 0.05) is 12.1 Å². The molecular weight excluding hydrogens is 240 g/mol. The summed E-state index contributed by atoms with van der Waals surface area (Å²) in [5.74, 6) is 0.740. The topological polar surface area (TPSA) is 61.4 Å². The molecule has 1 heterocycles. The lowest BCUT2D eigenvalue weighted by Crippen LogP contribution is -2.28. The molecule has 0 saturated carbocycles. The van der Waals surface area contributed by atoms with E-state index in [-0.39, 0.29) is 12.5 Å². The van der Waals surface area contributed by atoms with Gasteiger partial charge in [-0.05, 0) is 56.0 Å². The van der Waals surface area contributed by atoms with E-state index in [1.54, 1.807) is 0 Å². The summed E-state index contributed by atoms with van der Waals surface area (Å²) >= 11 is 0. The van der Waals surface area contributed by atoms with Gasteiger partial charge in [-0.2, -0.15) is 0 Å². The van der Waals surface area contributed by atoms with Crippen LogP contribution in [0.25, 0.3) is 0 Å². The van der Waals surface area contributed by atoms with E-state index in [1.165, 1.54) is 12.8 Å². The zero-order valence-electron chi connectivity index (χ0n) is 11.2. The highest BCUT2D eigenvalue weighted by Crippen LogP contribution is 2.18. The van der Waals surface area contributed by atoms with Crippen molar-refractivity contribution in [2.75, 3.05) is 18.4 Å². The van der Waals surface area contributed by atoms with Crippen LogP contribution in [0.15, 0.2) is 24.3 Å². The average Bonchev–Trinajstić information content (AvgIpc) is 2.46. The molecule has 1 aliphatic heterocycles. The first-order valence-corrected chi connectivity index (χ1v) is 6.98. The molecule has 4 heteroatoms. The molecule has 1 aromatic rings. The molecule has 19 heavy (non-hydrogen) atoms. The van der Waals surface area contributed by atoms with E-state index >= 15 is 0 Å². The Bertz CT molecular complexity index is 414. The Labute approximate surface area is 114 Å². The highest BCUT2D eigenvalue weighted by Gasteiger charge is 2.14. The van der Waals surface area contributed by atoms with Gasteiger partial charge in [-0.15, -0.1) is 0 Å². The van der Waals surface area contributed by atoms with Gasteiger partial charge >= 0.3 is 0 Å². The summed E-state index contributed by atoms with van der Waals surface area (Å²) in [6.07, 6.45) is 3.89. The lowest BCUT2D eigenvalue weighted by molar-refractivity contribution is -0.116. The molecule has 1 saturated heterocycles. The third-order valence-electron chi connectivity index (χ3n) is 3.63. The summed E-state index contributed by atoms with van der Waals surface area (Å²) in [5, 5.41) is 15.3. The van der Waals surface area contributed by atoms with Crippen molar-refractivity contribution in [1.82, 2.24) is 5.32 Å². The summed E-state index contributed by atoms with van der Waals surface area (Å²) in [6.45, 7) is 2.15. The van der Waals surface area contributed by atoms with E-state index in [0.29, 0.717) is 12.3 Å². The van der Waals surface area contributed by atoms with Gasteiger partial charge in [0.1, 0.15) is 0 Å². The van der Waals surface area contributed by atoms with Crippen LogP contribution in [0, 0.1) is 5.92 Å². The number of aliphatic hydroxyl groups is 1. The van der Waals surface area contributed by atoms with E-state index in [9.17, 15) is 4.79 Å². The first kappa shape index (κ1) is 14.0. The van der Waals surface area contributed by atoms with Crippen molar-refractivity contribution in [2.24, 2.45) is 5.92 Å². The van der Waals surface area contributed by atoms with Crippen molar-refractivity contribution >= 4 is 11.6 Å². The van der Waals surface area contributed by atoms with Crippen LogP contribution in [-0.2, 0) is 11.4 Å². The summed E-state index contributed by atoms with van der Waals surface area (Å²) in [7, 11) is 0. The Balaban J connectivity index is 1.76. The maximum atomic E-state index is 11.9. The Morgan fingerprint density at radius 1 is 1.37 bits per heavy atom. The third kappa shape index (κ3) is 4.65. The number of carbonyl (C=O) groups excluding carboxylic acids is 1. The fourth-order valence-corrected chi connectivity index (χ4v) is 2.48. The molecule has 1 amide bonds. The average molecular weight is 262 g/mol. The maximum Gasteiger partial charge on any atom is 0.224 e. The largest absolute Gasteiger partial charge is 0.392 e. The van der Waals surface area contributed by atoms with Gasteiger partial charge < -0.3 is 15.7 Å². The Morgan fingerprint density at radius 2 is 2.16 bits per heavy atom. The molecule has 0 bridgehead atoms. The molecule has 0 atom stereocenters. The number of piperidine rings is 1. The summed E-state index contributed by atoms with van der Waals surface area (Å²) < 4.78 is 0. The third-order valence-corrected chi connectivity index (χ3v) is 3.63. The molecule has 0 aliphatic carbocycles. The van der Waals surface area contributed by atoms with E-state index in [0.717, 1.165) is 30.8 Å². The number of anilines is 1. The predicted octanol–water partition coefficient (Wildman–Crippen LogP) is 1.90. The van der Waals surface area contributed by atoms with Crippen molar-refractivity contribution < 1.29 is 9.90 Å². The number of hydrogen-bond donors (Lipinski definition) is 3. The highest BCUT2D eigenvalue weighted by molar-refractivity contribution is 5.90. The molecule has 1 fully saturated rings. The summed E-state index contributed by atoms with van der Waals surface area (Å²) in [6, 6.07) is 7.34. The summed E-state index contributed by atoms with van der Waals surface area (Å²) in [5.41, 5.74) is 1.58. The Morgan fingerprint density at radius 3 is 2.89 bits per heavy atom. The molecule has 3 N–H and O–H groups in total. The number of carbonyl (C=O) groups is 1. The van der Waals surface area contributed by atoms with Crippen LogP contribution < -0.4 is 10.6 Å². The van der Waals surface area contributed by atoms with Crippen molar-refractivity contribution in [3.8, 4) is 0 Å². The molecular formula is C15H22N2O2. The Hall–Kier alpha value is -1.39. The highest BCUT2D eigenvalue weighted by atomic mass is 16.3. The predicted molar refractivity (Wildman–Crippen MR) is 75.8 cm³/mol. The van der Waals surface area contributed by atoms with Gasteiger partial charge in [0.25, 0.3) is 0 Å². The molecule has 4 nitrogen and oxygen atoms in total. The fourth-order valence-electron chi connectivity index (χ4n) is 2.48. The number of aliphatic hydroxyl groups excluding tert-OH is 1. The second-order valence-electron chi connectivity index (χ2n) is 5.14. The van der Waals surface area contributed by atoms with Crippen LogP contribution in [0.5, 0.6) is 0 Å². The zero-order valence-corrected chi connectivity index (χ0v) is 11.2. The van der Waals surface area contributed by atoms with Crippen molar-refractivity contribution in [3.63, 3.8) is 0 Å². The number of nitrogens with one attached hydrogen (secondary N) is 2. The smallest absolute Gasteiger partial charge is 0.224 e.